The Morgan fingerprint density at radius 3 is 2.46 bits per heavy atom. The molecule has 2 aromatic rings. The lowest BCUT2D eigenvalue weighted by atomic mass is 9.98. The number of carbonyl (C=O) groups excluding carboxylic acids is 1. The molecule has 0 aromatic heterocycles. The number of anilines is 2. The van der Waals surface area contributed by atoms with Crippen molar-refractivity contribution >= 4 is 34.6 Å². The standard InChI is InChI=1S/C20H22ClN3O4/c1-13-7-9-23(10-8-13)18-12-17(16(21)11-19(18)24(26)27)22-20(25)14-3-5-15(28-2)6-4-14/h3-6,11-13H,7-10H2,1-2H3,(H,22,25). The second-order valence-electron chi connectivity index (χ2n) is 6.93. The summed E-state index contributed by atoms with van der Waals surface area (Å²) in [5, 5.41) is 14.4. The van der Waals surface area contributed by atoms with Gasteiger partial charge in [0.1, 0.15) is 11.4 Å². The molecule has 1 amide bonds. The molecule has 1 saturated heterocycles. The number of hydrogen-bond acceptors (Lipinski definition) is 5. The van der Waals surface area contributed by atoms with E-state index in [1.165, 1.54) is 6.07 Å². The van der Waals surface area contributed by atoms with Gasteiger partial charge in [-0.1, -0.05) is 18.5 Å². The molecule has 1 N–H and O–H groups in total. The van der Waals surface area contributed by atoms with Gasteiger partial charge in [-0.05, 0) is 49.1 Å². The van der Waals surface area contributed by atoms with Crippen LogP contribution in [-0.2, 0) is 0 Å². The predicted octanol–water partition coefficient (Wildman–Crippen LogP) is 4.75. The first-order chi connectivity index (χ1) is 13.4. The van der Waals surface area contributed by atoms with Crippen molar-refractivity contribution in [2.24, 2.45) is 5.92 Å². The first-order valence-electron chi connectivity index (χ1n) is 9.07. The smallest absolute Gasteiger partial charge is 0.294 e. The largest absolute Gasteiger partial charge is 0.497 e. The van der Waals surface area contributed by atoms with Gasteiger partial charge < -0.3 is 15.0 Å². The zero-order chi connectivity index (χ0) is 20.3. The van der Waals surface area contributed by atoms with Gasteiger partial charge >= 0.3 is 0 Å². The summed E-state index contributed by atoms with van der Waals surface area (Å²) in [6.07, 6.45) is 1.93. The number of amides is 1. The molecule has 1 heterocycles. The van der Waals surface area contributed by atoms with Crippen LogP contribution in [0.3, 0.4) is 0 Å². The zero-order valence-corrected chi connectivity index (χ0v) is 16.5. The van der Waals surface area contributed by atoms with Crippen molar-refractivity contribution in [1.29, 1.82) is 0 Å². The van der Waals surface area contributed by atoms with Gasteiger partial charge in [-0.15, -0.1) is 0 Å². The van der Waals surface area contributed by atoms with E-state index in [4.69, 9.17) is 16.3 Å². The van der Waals surface area contributed by atoms with E-state index < -0.39 is 4.92 Å². The second kappa shape index (κ2) is 8.48. The number of nitro benzene ring substituents is 1. The lowest BCUT2D eigenvalue weighted by Crippen LogP contribution is -2.33. The van der Waals surface area contributed by atoms with Crippen LogP contribution in [0.5, 0.6) is 5.75 Å². The summed E-state index contributed by atoms with van der Waals surface area (Å²) in [6.45, 7) is 3.64. The van der Waals surface area contributed by atoms with E-state index >= 15 is 0 Å². The maximum atomic E-state index is 12.6. The van der Waals surface area contributed by atoms with Gasteiger partial charge in [0.15, 0.2) is 0 Å². The maximum absolute atomic E-state index is 12.6. The van der Waals surface area contributed by atoms with Gasteiger partial charge in [-0.25, -0.2) is 0 Å². The maximum Gasteiger partial charge on any atom is 0.294 e. The van der Waals surface area contributed by atoms with Gasteiger partial charge in [0.25, 0.3) is 11.6 Å². The summed E-state index contributed by atoms with van der Waals surface area (Å²) >= 11 is 6.23. The van der Waals surface area contributed by atoms with Crippen LogP contribution < -0.4 is 15.0 Å². The fraction of sp³-hybridized carbons (Fsp3) is 0.350. The summed E-state index contributed by atoms with van der Waals surface area (Å²) in [5.41, 5.74) is 1.21. The summed E-state index contributed by atoms with van der Waals surface area (Å²) < 4.78 is 5.09. The Hall–Kier alpha value is -2.80. The zero-order valence-electron chi connectivity index (χ0n) is 15.8. The van der Waals surface area contributed by atoms with Crippen LogP contribution in [0.2, 0.25) is 5.02 Å². The Balaban J connectivity index is 1.88. The fourth-order valence-corrected chi connectivity index (χ4v) is 3.44. The third-order valence-corrected chi connectivity index (χ3v) is 5.30. The number of rotatable bonds is 5. The van der Waals surface area contributed by atoms with Gasteiger partial charge in [0.05, 0.1) is 22.7 Å². The van der Waals surface area contributed by atoms with Crippen molar-refractivity contribution in [3.63, 3.8) is 0 Å². The van der Waals surface area contributed by atoms with E-state index in [1.807, 2.05) is 4.90 Å². The van der Waals surface area contributed by atoms with Crippen LogP contribution in [0.1, 0.15) is 30.1 Å². The third kappa shape index (κ3) is 4.36. The highest BCUT2D eigenvalue weighted by atomic mass is 35.5. The highest BCUT2D eigenvalue weighted by Crippen LogP contribution is 2.38. The SMILES string of the molecule is COc1ccc(C(=O)Nc2cc(N3CCC(C)CC3)c([N+](=O)[O-])cc2Cl)cc1. The molecule has 0 saturated carbocycles. The number of piperidine rings is 1. The van der Waals surface area contributed by atoms with E-state index in [9.17, 15) is 14.9 Å². The van der Waals surface area contributed by atoms with Crippen molar-refractivity contribution < 1.29 is 14.5 Å². The normalized spacial score (nSPS) is 14.6. The predicted molar refractivity (Wildman–Crippen MR) is 110 cm³/mol. The molecule has 1 aliphatic rings. The minimum Gasteiger partial charge on any atom is -0.497 e. The Bertz CT molecular complexity index is 878. The number of nitrogens with zero attached hydrogens (tertiary/aromatic N) is 2. The molecule has 1 aliphatic heterocycles. The van der Waals surface area contributed by atoms with Gasteiger partial charge in [0, 0.05) is 24.7 Å². The molecule has 0 radical (unpaired) electrons. The number of ether oxygens (including phenoxy) is 1. The van der Waals surface area contributed by atoms with Crippen molar-refractivity contribution in [3.05, 3.63) is 57.1 Å². The third-order valence-electron chi connectivity index (χ3n) is 4.99. The molecule has 7 nitrogen and oxygen atoms in total. The molecule has 28 heavy (non-hydrogen) atoms. The Kier molecular flexibility index (Phi) is 6.04. The Morgan fingerprint density at radius 2 is 1.89 bits per heavy atom. The molecule has 1 fully saturated rings. The lowest BCUT2D eigenvalue weighted by molar-refractivity contribution is -0.384. The van der Waals surface area contributed by atoms with Gasteiger partial charge in [-0.2, -0.15) is 0 Å². The number of nitrogens with one attached hydrogen (secondary N) is 1. The molecule has 8 heteroatoms. The van der Waals surface area contributed by atoms with Crippen molar-refractivity contribution in [3.8, 4) is 5.75 Å². The van der Waals surface area contributed by atoms with Crippen molar-refractivity contribution in [2.75, 3.05) is 30.4 Å². The highest BCUT2D eigenvalue weighted by molar-refractivity contribution is 6.34. The van der Waals surface area contributed by atoms with Crippen LogP contribution in [0.4, 0.5) is 17.1 Å². The molecule has 2 aromatic carbocycles. The van der Waals surface area contributed by atoms with E-state index in [2.05, 4.69) is 12.2 Å². The Morgan fingerprint density at radius 1 is 1.25 bits per heavy atom. The molecule has 0 spiro atoms. The molecular weight excluding hydrogens is 382 g/mol. The number of hydrogen-bond donors (Lipinski definition) is 1. The average molecular weight is 404 g/mol. The minimum absolute atomic E-state index is 0.0537. The van der Waals surface area contributed by atoms with E-state index in [1.54, 1.807) is 37.4 Å². The highest BCUT2D eigenvalue weighted by Gasteiger charge is 2.25. The van der Waals surface area contributed by atoms with Crippen molar-refractivity contribution in [2.45, 2.75) is 19.8 Å². The molecule has 0 atom stereocenters. The summed E-state index contributed by atoms with van der Waals surface area (Å²) in [6, 6.07) is 9.55. The van der Waals surface area contributed by atoms with E-state index in [-0.39, 0.29) is 16.6 Å². The first-order valence-corrected chi connectivity index (χ1v) is 9.45. The van der Waals surface area contributed by atoms with Crippen LogP contribution >= 0.6 is 11.6 Å². The van der Waals surface area contributed by atoms with E-state index in [0.29, 0.717) is 28.6 Å². The summed E-state index contributed by atoms with van der Waals surface area (Å²) in [5.74, 6) is 0.889. The second-order valence-corrected chi connectivity index (χ2v) is 7.34. The number of nitro groups is 1. The summed E-state index contributed by atoms with van der Waals surface area (Å²) in [7, 11) is 1.55. The molecule has 0 bridgehead atoms. The summed E-state index contributed by atoms with van der Waals surface area (Å²) in [4.78, 5) is 25.6. The quantitative estimate of drug-likeness (QED) is 0.575. The number of benzene rings is 2. The van der Waals surface area contributed by atoms with Crippen LogP contribution in [0.15, 0.2) is 36.4 Å². The fourth-order valence-electron chi connectivity index (χ4n) is 3.23. The van der Waals surface area contributed by atoms with Crippen LogP contribution in [0, 0.1) is 16.0 Å². The number of carbonyl (C=O) groups is 1. The average Bonchev–Trinajstić information content (AvgIpc) is 2.69. The monoisotopic (exact) mass is 403 g/mol. The molecule has 0 unspecified atom stereocenters. The van der Waals surface area contributed by atoms with Crippen LogP contribution in [-0.4, -0.2) is 31.0 Å². The minimum atomic E-state index is -0.436. The molecule has 148 valence electrons. The van der Waals surface area contributed by atoms with Gasteiger partial charge in [0.2, 0.25) is 0 Å². The molecule has 3 rings (SSSR count). The molecule has 0 aliphatic carbocycles. The lowest BCUT2D eigenvalue weighted by Gasteiger charge is -2.32. The molecular formula is C20H22ClN3O4. The van der Waals surface area contributed by atoms with E-state index in [0.717, 1.165) is 25.9 Å². The topological polar surface area (TPSA) is 84.7 Å². The van der Waals surface area contributed by atoms with Crippen LogP contribution in [0.25, 0.3) is 0 Å². The van der Waals surface area contributed by atoms with Gasteiger partial charge in [-0.3, -0.25) is 14.9 Å². The van der Waals surface area contributed by atoms with Crippen molar-refractivity contribution in [1.82, 2.24) is 0 Å². The first kappa shape index (κ1) is 19.9. The Labute approximate surface area is 168 Å². The number of halogens is 1. The number of methoxy groups -OCH3 is 1.